The Kier molecular flexibility index (Phi) is 5.47. The molecule has 0 bridgehead atoms. The van der Waals surface area contributed by atoms with Gasteiger partial charge in [-0.3, -0.25) is 19.8 Å². The molecule has 2 fully saturated rings. The topological polar surface area (TPSA) is 79.5 Å². The van der Waals surface area contributed by atoms with Crippen molar-refractivity contribution < 1.29 is 9.47 Å². The van der Waals surface area contributed by atoms with Gasteiger partial charge in [-0.25, -0.2) is 0 Å². The molecule has 2 aromatic rings. The molecule has 170 valence electrons. The lowest BCUT2D eigenvalue weighted by atomic mass is 10.1. The van der Waals surface area contributed by atoms with E-state index in [0.29, 0.717) is 0 Å². The van der Waals surface area contributed by atoms with Crippen LogP contribution >= 0.6 is 0 Å². The van der Waals surface area contributed by atoms with Crippen LogP contribution in [0, 0.1) is 0 Å². The third-order valence-corrected chi connectivity index (χ3v) is 6.58. The molecular weight excluding hydrogens is 408 g/mol. The van der Waals surface area contributed by atoms with Crippen molar-refractivity contribution in [1.29, 1.82) is 0 Å². The van der Waals surface area contributed by atoms with Crippen LogP contribution in [0.25, 0.3) is 0 Å². The molecule has 4 aliphatic rings. The van der Waals surface area contributed by atoms with E-state index in [1.807, 2.05) is 0 Å². The molecule has 4 N–H and O–H groups in total. The van der Waals surface area contributed by atoms with Crippen LogP contribution in [0.4, 0.5) is 22.7 Å². The minimum absolute atomic E-state index is 0.00797. The molecule has 0 amide bonds. The predicted molar refractivity (Wildman–Crippen MR) is 124 cm³/mol. The minimum atomic E-state index is 0.00797. The zero-order valence-electron chi connectivity index (χ0n) is 18.0. The molecule has 10 nitrogen and oxygen atoms in total. The lowest BCUT2D eigenvalue weighted by Crippen LogP contribution is -2.71. The fourth-order valence-corrected chi connectivity index (χ4v) is 5.01. The first-order valence-electron chi connectivity index (χ1n) is 11.3. The summed E-state index contributed by atoms with van der Waals surface area (Å²) < 4.78 is 11.4. The molecule has 2 saturated heterocycles. The number of anilines is 4. The van der Waals surface area contributed by atoms with Crippen molar-refractivity contribution in [2.45, 2.75) is 12.3 Å². The summed E-state index contributed by atoms with van der Waals surface area (Å²) in [6.07, 6.45) is 0.0159. The van der Waals surface area contributed by atoms with Gasteiger partial charge in [0, 0.05) is 26.2 Å². The first-order chi connectivity index (χ1) is 15.9. The van der Waals surface area contributed by atoms with Crippen LogP contribution in [0.5, 0.6) is 0 Å². The van der Waals surface area contributed by atoms with Gasteiger partial charge in [0.05, 0.1) is 49.2 Å². The number of hydrazine groups is 4. The Balaban J connectivity index is 1.43. The van der Waals surface area contributed by atoms with Crippen molar-refractivity contribution in [2.75, 3.05) is 73.5 Å². The third-order valence-electron chi connectivity index (χ3n) is 6.58. The lowest BCUT2D eigenvalue weighted by Gasteiger charge is -2.50. The second kappa shape index (κ2) is 8.74. The average molecular weight is 439 g/mol. The average Bonchev–Trinajstić information content (AvgIpc) is 3.48. The highest BCUT2D eigenvalue weighted by molar-refractivity contribution is 5.75. The van der Waals surface area contributed by atoms with Gasteiger partial charge < -0.3 is 20.3 Å². The Bertz CT molecular complexity index is 858. The third kappa shape index (κ3) is 3.54. The summed E-state index contributed by atoms with van der Waals surface area (Å²) in [7, 11) is 0. The number of hydrogen-bond donors (Lipinski definition) is 4. The molecule has 0 saturated carbocycles. The number of hydrogen-bond acceptors (Lipinski definition) is 10. The zero-order valence-corrected chi connectivity index (χ0v) is 18.0. The van der Waals surface area contributed by atoms with Gasteiger partial charge in [-0.15, -0.1) is 11.1 Å². The molecule has 6 rings (SSSR count). The van der Waals surface area contributed by atoms with Crippen LogP contribution < -0.4 is 31.9 Å². The van der Waals surface area contributed by atoms with Crippen molar-refractivity contribution in [2.24, 2.45) is 0 Å². The van der Waals surface area contributed by atoms with Crippen LogP contribution in [0.15, 0.2) is 48.5 Å². The normalized spacial score (nSPS) is 23.2. The molecular formula is C22H30N8O2. The van der Waals surface area contributed by atoms with Gasteiger partial charge in [0.2, 0.25) is 0 Å². The van der Waals surface area contributed by atoms with E-state index in [0.717, 1.165) is 75.4 Å². The van der Waals surface area contributed by atoms with E-state index in [-0.39, 0.29) is 12.3 Å². The summed E-state index contributed by atoms with van der Waals surface area (Å²) in [6, 6.07) is 16.8. The molecule has 2 atom stereocenters. The van der Waals surface area contributed by atoms with E-state index >= 15 is 0 Å². The smallest absolute Gasteiger partial charge is 0.135 e. The Morgan fingerprint density at radius 3 is 1.44 bits per heavy atom. The van der Waals surface area contributed by atoms with Crippen molar-refractivity contribution in [1.82, 2.24) is 20.9 Å². The lowest BCUT2D eigenvalue weighted by molar-refractivity contribution is -0.0397. The fourth-order valence-electron chi connectivity index (χ4n) is 5.01. The molecule has 0 aromatic heterocycles. The molecule has 2 aromatic carbocycles. The van der Waals surface area contributed by atoms with Crippen LogP contribution in [-0.4, -0.2) is 74.7 Å². The van der Waals surface area contributed by atoms with Crippen LogP contribution in [-0.2, 0) is 9.47 Å². The van der Waals surface area contributed by atoms with Crippen molar-refractivity contribution >= 4 is 22.7 Å². The Morgan fingerprint density at radius 2 is 1.00 bits per heavy atom. The first-order valence-corrected chi connectivity index (χ1v) is 11.3. The van der Waals surface area contributed by atoms with Crippen LogP contribution in [0.3, 0.4) is 0 Å². The Hall–Kier alpha value is -2.60. The second-order valence-electron chi connectivity index (χ2n) is 8.37. The molecule has 4 aliphatic heterocycles. The number of nitrogens with one attached hydrogen (secondary N) is 4. The number of rotatable bonds is 5. The maximum atomic E-state index is 5.72. The largest absolute Gasteiger partial charge is 0.379 e. The van der Waals surface area contributed by atoms with Crippen molar-refractivity contribution in [3.05, 3.63) is 48.5 Å². The number of fused-ring (bicyclic) bond motifs is 2. The molecule has 0 radical (unpaired) electrons. The van der Waals surface area contributed by atoms with Gasteiger partial charge in [-0.1, -0.05) is 24.3 Å². The highest BCUT2D eigenvalue weighted by Gasteiger charge is 2.45. The summed E-state index contributed by atoms with van der Waals surface area (Å²) in [5.41, 5.74) is 18.1. The minimum Gasteiger partial charge on any atom is -0.379 e. The first kappa shape index (κ1) is 20.0. The van der Waals surface area contributed by atoms with Crippen LogP contribution in [0.2, 0.25) is 0 Å². The number of morpholine rings is 2. The number of ether oxygens (including phenoxy) is 2. The van der Waals surface area contributed by atoms with E-state index < -0.39 is 0 Å². The van der Waals surface area contributed by atoms with Gasteiger partial charge in [-0.2, -0.15) is 0 Å². The Morgan fingerprint density at radius 1 is 0.594 bits per heavy atom. The predicted octanol–water partition coefficient (Wildman–Crippen LogP) is 1.01. The summed E-state index contributed by atoms with van der Waals surface area (Å²) in [5.74, 6) is 0. The zero-order chi connectivity index (χ0) is 21.3. The summed E-state index contributed by atoms with van der Waals surface area (Å²) in [4.78, 5) is 5.03. The van der Waals surface area contributed by atoms with Crippen molar-refractivity contribution in [3.63, 3.8) is 0 Å². The Labute approximate surface area is 187 Å². The second-order valence-corrected chi connectivity index (χ2v) is 8.37. The fraction of sp³-hybridized carbons (Fsp3) is 0.455. The van der Waals surface area contributed by atoms with E-state index in [4.69, 9.17) is 9.47 Å². The number of para-hydroxylation sites is 4. The number of nitrogens with zero attached hydrogens (tertiary/aromatic N) is 4. The van der Waals surface area contributed by atoms with Crippen molar-refractivity contribution in [3.8, 4) is 0 Å². The van der Waals surface area contributed by atoms with Gasteiger partial charge in [0.25, 0.3) is 0 Å². The SMILES string of the molecule is c1ccc2c(c1)NNN2C(C(N1CCOCC1)N1NNc2ccccc21)N1CCOCC1. The summed E-state index contributed by atoms with van der Waals surface area (Å²) in [6.45, 7) is 6.41. The molecule has 32 heavy (non-hydrogen) atoms. The van der Waals surface area contributed by atoms with E-state index in [1.54, 1.807) is 0 Å². The summed E-state index contributed by atoms with van der Waals surface area (Å²) >= 11 is 0. The maximum Gasteiger partial charge on any atom is 0.135 e. The maximum absolute atomic E-state index is 5.72. The molecule has 10 heteroatoms. The van der Waals surface area contributed by atoms with Gasteiger partial charge in [0.15, 0.2) is 0 Å². The summed E-state index contributed by atoms with van der Waals surface area (Å²) in [5, 5.41) is 4.53. The van der Waals surface area contributed by atoms with Gasteiger partial charge >= 0.3 is 0 Å². The quantitative estimate of drug-likeness (QED) is 0.543. The molecule has 0 aliphatic carbocycles. The highest BCUT2D eigenvalue weighted by atomic mass is 16.5. The van der Waals surface area contributed by atoms with E-state index in [9.17, 15) is 0 Å². The molecule has 4 heterocycles. The van der Waals surface area contributed by atoms with Gasteiger partial charge in [-0.05, 0) is 24.3 Å². The standard InChI is InChI=1S/C22H30N8O2/c1-3-7-19-17(5-1)23-25-29(19)21(27-9-13-31-14-10-27)22(28-11-15-32-16-12-28)30-20-8-4-2-6-18(20)24-26-30/h1-8,21-26H,9-16H2. The van der Waals surface area contributed by atoms with Gasteiger partial charge in [0.1, 0.15) is 12.3 Å². The van der Waals surface area contributed by atoms with Crippen LogP contribution in [0.1, 0.15) is 0 Å². The number of benzene rings is 2. The monoisotopic (exact) mass is 438 g/mol. The van der Waals surface area contributed by atoms with E-state index in [2.05, 4.69) is 90.3 Å². The highest BCUT2D eigenvalue weighted by Crippen LogP contribution is 2.37. The molecule has 0 spiro atoms. The molecule has 2 unspecified atom stereocenters. The van der Waals surface area contributed by atoms with E-state index in [1.165, 1.54) is 0 Å².